The topological polar surface area (TPSA) is 29.9 Å². The first-order chi connectivity index (χ1) is 8.75. The minimum absolute atomic E-state index is 0.540. The van der Waals surface area contributed by atoms with Gasteiger partial charge < -0.3 is 5.32 Å². The molecule has 3 nitrogen and oxygen atoms in total. The number of hydrogen-bond donors (Lipinski definition) is 1. The van der Waals surface area contributed by atoms with Crippen molar-refractivity contribution in [3.8, 4) is 0 Å². The zero-order valence-corrected chi connectivity index (χ0v) is 11.7. The van der Waals surface area contributed by atoms with Crippen molar-refractivity contribution in [2.24, 2.45) is 13.0 Å². The molecule has 1 aromatic heterocycles. The first-order valence-electron chi connectivity index (χ1n) is 7.52. The van der Waals surface area contributed by atoms with Gasteiger partial charge in [-0.15, -0.1) is 0 Å². The molecular formula is C15H25N3. The molecule has 0 amide bonds. The number of fused-ring (bicyclic) bond motifs is 1. The van der Waals surface area contributed by atoms with Crippen LogP contribution in [0.5, 0.6) is 0 Å². The fourth-order valence-corrected chi connectivity index (χ4v) is 3.79. The van der Waals surface area contributed by atoms with E-state index >= 15 is 0 Å². The summed E-state index contributed by atoms with van der Waals surface area (Å²) < 4.78 is 2.06. The van der Waals surface area contributed by atoms with Gasteiger partial charge in [-0.1, -0.05) is 12.8 Å². The molecule has 0 spiro atoms. The Morgan fingerprint density at radius 2 is 2.06 bits per heavy atom. The fourth-order valence-electron chi connectivity index (χ4n) is 3.79. The lowest BCUT2D eigenvalue weighted by atomic mass is 9.90. The summed E-state index contributed by atoms with van der Waals surface area (Å²) >= 11 is 0. The molecule has 0 aromatic carbocycles. The van der Waals surface area contributed by atoms with Gasteiger partial charge in [-0.25, -0.2) is 0 Å². The summed E-state index contributed by atoms with van der Waals surface area (Å²) in [5.74, 6) is 0.895. The zero-order valence-electron chi connectivity index (χ0n) is 11.7. The molecule has 100 valence electrons. The molecule has 1 unspecified atom stereocenters. The Hall–Kier alpha value is -0.830. The summed E-state index contributed by atoms with van der Waals surface area (Å²) in [6.07, 6.45) is 11.5. The van der Waals surface area contributed by atoms with Crippen LogP contribution in [0.25, 0.3) is 0 Å². The Labute approximate surface area is 110 Å². The Kier molecular flexibility index (Phi) is 3.42. The fraction of sp³-hybridized carbons (Fsp3) is 0.800. The zero-order chi connectivity index (χ0) is 12.5. The molecule has 2 aliphatic carbocycles. The molecule has 1 saturated carbocycles. The number of rotatable bonds is 3. The molecule has 0 aliphatic heterocycles. The van der Waals surface area contributed by atoms with Crippen molar-refractivity contribution in [2.75, 3.05) is 0 Å². The third-order valence-corrected chi connectivity index (χ3v) is 4.95. The summed E-state index contributed by atoms with van der Waals surface area (Å²) in [6.45, 7) is 2.38. The minimum atomic E-state index is 0.540. The Bertz CT molecular complexity index is 404. The average Bonchev–Trinajstić information content (AvgIpc) is 3.00. The lowest BCUT2D eigenvalue weighted by Gasteiger charge is -2.30. The van der Waals surface area contributed by atoms with Crippen LogP contribution in [0.3, 0.4) is 0 Å². The number of aryl methyl sites for hydroxylation is 1. The van der Waals surface area contributed by atoms with Crippen LogP contribution in [0.4, 0.5) is 0 Å². The van der Waals surface area contributed by atoms with Crippen molar-refractivity contribution in [1.29, 1.82) is 0 Å². The minimum Gasteiger partial charge on any atom is -0.307 e. The van der Waals surface area contributed by atoms with Crippen molar-refractivity contribution in [3.05, 3.63) is 17.5 Å². The lowest BCUT2D eigenvalue weighted by molar-refractivity contribution is 0.323. The second-order valence-electron chi connectivity index (χ2n) is 6.11. The molecule has 18 heavy (non-hydrogen) atoms. The highest BCUT2D eigenvalue weighted by atomic mass is 15.3. The quantitative estimate of drug-likeness (QED) is 0.890. The van der Waals surface area contributed by atoms with E-state index < -0.39 is 0 Å². The standard InChI is InChI=1S/C15H25N3/c1-11(12-6-3-4-7-12)17-14-8-5-9-15-13(14)10-16-18(15)2/h10-12,14,17H,3-9H2,1-2H3/t11-,14?/m1/s1. The van der Waals surface area contributed by atoms with Gasteiger partial charge in [0.25, 0.3) is 0 Å². The highest BCUT2D eigenvalue weighted by molar-refractivity contribution is 5.24. The van der Waals surface area contributed by atoms with Gasteiger partial charge in [0.15, 0.2) is 0 Å². The lowest BCUT2D eigenvalue weighted by Crippen LogP contribution is -2.36. The normalized spacial score (nSPS) is 26.2. The molecule has 1 fully saturated rings. The Morgan fingerprint density at radius 3 is 2.83 bits per heavy atom. The molecular weight excluding hydrogens is 222 g/mol. The van der Waals surface area contributed by atoms with Crippen molar-refractivity contribution < 1.29 is 0 Å². The van der Waals surface area contributed by atoms with Crippen molar-refractivity contribution in [3.63, 3.8) is 0 Å². The maximum absolute atomic E-state index is 4.43. The van der Waals surface area contributed by atoms with Gasteiger partial charge in [-0.2, -0.15) is 5.10 Å². The predicted molar refractivity (Wildman–Crippen MR) is 73.4 cm³/mol. The first-order valence-corrected chi connectivity index (χ1v) is 7.52. The van der Waals surface area contributed by atoms with Crippen LogP contribution >= 0.6 is 0 Å². The van der Waals surface area contributed by atoms with Gasteiger partial charge >= 0.3 is 0 Å². The Morgan fingerprint density at radius 1 is 1.28 bits per heavy atom. The molecule has 1 N–H and O–H groups in total. The van der Waals surface area contributed by atoms with Crippen molar-refractivity contribution in [2.45, 2.75) is 64.0 Å². The largest absolute Gasteiger partial charge is 0.307 e. The van der Waals surface area contributed by atoms with Gasteiger partial charge in [-0.05, 0) is 44.9 Å². The summed E-state index contributed by atoms with van der Waals surface area (Å²) in [5.41, 5.74) is 2.89. The number of nitrogens with one attached hydrogen (secondary N) is 1. The van der Waals surface area contributed by atoms with E-state index in [9.17, 15) is 0 Å². The molecule has 0 radical (unpaired) electrons. The van der Waals surface area contributed by atoms with Gasteiger partial charge in [0.2, 0.25) is 0 Å². The van der Waals surface area contributed by atoms with Crippen LogP contribution in [0.2, 0.25) is 0 Å². The van der Waals surface area contributed by atoms with Crippen LogP contribution in [-0.2, 0) is 13.5 Å². The molecule has 0 bridgehead atoms. The van der Waals surface area contributed by atoms with Gasteiger partial charge in [0.1, 0.15) is 0 Å². The SMILES string of the molecule is C[C@@H](NC1CCCc2c1cnn2C)C1CCCC1. The molecule has 1 heterocycles. The maximum atomic E-state index is 4.43. The third kappa shape index (κ3) is 2.20. The van der Waals surface area contributed by atoms with Crippen LogP contribution in [0.1, 0.15) is 62.7 Å². The highest BCUT2D eigenvalue weighted by Gasteiger charge is 2.28. The van der Waals surface area contributed by atoms with Crippen molar-refractivity contribution in [1.82, 2.24) is 15.1 Å². The van der Waals surface area contributed by atoms with Crippen LogP contribution in [-0.4, -0.2) is 15.8 Å². The molecule has 2 atom stereocenters. The first kappa shape index (κ1) is 12.2. The van der Waals surface area contributed by atoms with E-state index in [4.69, 9.17) is 0 Å². The molecule has 3 rings (SSSR count). The number of aromatic nitrogens is 2. The molecule has 1 aromatic rings. The van der Waals surface area contributed by atoms with E-state index in [1.807, 2.05) is 0 Å². The van der Waals surface area contributed by atoms with E-state index in [1.165, 1.54) is 56.2 Å². The number of hydrogen-bond acceptors (Lipinski definition) is 2. The van der Waals surface area contributed by atoms with Crippen LogP contribution in [0, 0.1) is 5.92 Å². The predicted octanol–water partition coefficient (Wildman–Crippen LogP) is 2.97. The second kappa shape index (κ2) is 5.04. The smallest absolute Gasteiger partial charge is 0.0540 e. The second-order valence-corrected chi connectivity index (χ2v) is 6.11. The monoisotopic (exact) mass is 247 g/mol. The highest BCUT2D eigenvalue weighted by Crippen LogP contribution is 2.33. The molecule has 0 saturated heterocycles. The van der Waals surface area contributed by atoms with Crippen LogP contribution in [0.15, 0.2) is 6.20 Å². The van der Waals surface area contributed by atoms with Gasteiger partial charge in [0.05, 0.1) is 6.20 Å². The summed E-state index contributed by atoms with van der Waals surface area (Å²) in [5, 5.41) is 8.31. The maximum Gasteiger partial charge on any atom is 0.0540 e. The van der Waals surface area contributed by atoms with E-state index in [-0.39, 0.29) is 0 Å². The summed E-state index contributed by atoms with van der Waals surface area (Å²) in [7, 11) is 2.07. The van der Waals surface area contributed by atoms with Gasteiger partial charge in [0, 0.05) is 30.4 Å². The molecule has 2 aliphatic rings. The third-order valence-electron chi connectivity index (χ3n) is 4.95. The van der Waals surface area contributed by atoms with E-state index in [2.05, 4.69) is 35.3 Å². The van der Waals surface area contributed by atoms with E-state index in [0.717, 1.165) is 5.92 Å². The van der Waals surface area contributed by atoms with E-state index in [1.54, 1.807) is 0 Å². The summed E-state index contributed by atoms with van der Waals surface area (Å²) in [4.78, 5) is 0. The molecule has 3 heteroatoms. The Balaban J connectivity index is 1.70. The average molecular weight is 247 g/mol. The number of nitrogens with zero attached hydrogens (tertiary/aromatic N) is 2. The van der Waals surface area contributed by atoms with Crippen LogP contribution < -0.4 is 5.32 Å². The van der Waals surface area contributed by atoms with Gasteiger partial charge in [-0.3, -0.25) is 4.68 Å². The van der Waals surface area contributed by atoms with Crippen molar-refractivity contribution >= 4 is 0 Å². The summed E-state index contributed by atoms with van der Waals surface area (Å²) in [6, 6.07) is 1.20. The van der Waals surface area contributed by atoms with E-state index in [0.29, 0.717) is 12.1 Å².